The van der Waals surface area contributed by atoms with E-state index in [4.69, 9.17) is 4.42 Å². The van der Waals surface area contributed by atoms with Gasteiger partial charge in [0.25, 0.3) is 0 Å². The van der Waals surface area contributed by atoms with Gasteiger partial charge in [0.2, 0.25) is 0 Å². The Labute approximate surface area is 377 Å². The van der Waals surface area contributed by atoms with Crippen LogP contribution >= 0.6 is 0 Å². The average molecular weight is 828 g/mol. The molecule has 1 aliphatic rings. The number of anilines is 3. The first-order valence-corrected chi connectivity index (χ1v) is 22.4. The predicted molar refractivity (Wildman–Crippen MR) is 272 cm³/mol. The molecular weight excluding hydrogens is 787 g/mol. The van der Waals surface area contributed by atoms with Gasteiger partial charge in [0.15, 0.2) is 0 Å². The Balaban J connectivity index is 1.06. The summed E-state index contributed by atoms with van der Waals surface area (Å²) in [6.45, 7) is 0. The van der Waals surface area contributed by atoms with Gasteiger partial charge in [0, 0.05) is 33.1 Å². The summed E-state index contributed by atoms with van der Waals surface area (Å²) >= 11 is 0. The Kier molecular flexibility index (Phi) is 8.47. The fraction of sp³-hybridized carbons (Fsp3) is 0.0159. The molecule has 13 rings (SSSR count). The van der Waals surface area contributed by atoms with E-state index in [1.54, 1.807) is 0 Å². The van der Waals surface area contributed by atoms with Crippen LogP contribution in [0.15, 0.2) is 253 Å². The minimum atomic E-state index is -0.544. The molecule has 1 heterocycles. The van der Waals surface area contributed by atoms with Crippen molar-refractivity contribution in [3.05, 3.63) is 271 Å². The third kappa shape index (κ3) is 5.74. The van der Waals surface area contributed by atoms with Gasteiger partial charge in [-0.25, -0.2) is 0 Å². The molecule has 1 aliphatic carbocycles. The van der Waals surface area contributed by atoms with Crippen molar-refractivity contribution in [2.75, 3.05) is 4.90 Å². The van der Waals surface area contributed by atoms with Gasteiger partial charge in [-0.1, -0.05) is 200 Å². The number of benzene rings is 11. The number of furan rings is 1. The summed E-state index contributed by atoms with van der Waals surface area (Å²) in [6, 6.07) is 90.9. The smallest absolute Gasteiger partial charge is 0.143 e. The first-order valence-electron chi connectivity index (χ1n) is 22.4. The highest BCUT2D eigenvalue weighted by Crippen LogP contribution is 2.57. The lowest BCUT2D eigenvalue weighted by atomic mass is 9.67. The number of para-hydroxylation sites is 2. The maximum absolute atomic E-state index is 6.75. The fourth-order valence-electron chi connectivity index (χ4n) is 10.8. The topological polar surface area (TPSA) is 16.4 Å². The lowest BCUT2D eigenvalue weighted by Gasteiger charge is -2.35. The van der Waals surface area contributed by atoms with Crippen LogP contribution in [0.4, 0.5) is 17.1 Å². The maximum atomic E-state index is 6.75. The quantitative estimate of drug-likeness (QED) is 0.159. The second kappa shape index (κ2) is 14.8. The monoisotopic (exact) mass is 827 g/mol. The van der Waals surface area contributed by atoms with Crippen LogP contribution in [0.25, 0.3) is 76.9 Å². The highest BCUT2D eigenvalue weighted by Gasteiger charge is 2.46. The molecule has 0 radical (unpaired) electrons. The minimum absolute atomic E-state index is 0.544. The Hall–Kier alpha value is -8.46. The number of hydrogen-bond acceptors (Lipinski definition) is 2. The zero-order valence-electron chi connectivity index (χ0n) is 35.5. The summed E-state index contributed by atoms with van der Waals surface area (Å²) in [7, 11) is 0. The lowest BCUT2D eigenvalue weighted by molar-refractivity contribution is 0.673. The highest BCUT2D eigenvalue weighted by atomic mass is 16.3. The molecule has 12 aromatic rings. The molecule has 0 atom stereocenters. The van der Waals surface area contributed by atoms with Crippen LogP contribution < -0.4 is 4.90 Å². The van der Waals surface area contributed by atoms with E-state index in [-0.39, 0.29) is 0 Å². The Morgan fingerprint density at radius 2 is 0.938 bits per heavy atom. The third-order valence-electron chi connectivity index (χ3n) is 13.7. The largest absolute Gasteiger partial charge is 0.455 e. The minimum Gasteiger partial charge on any atom is -0.455 e. The molecule has 0 unspecified atom stereocenters. The zero-order valence-corrected chi connectivity index (χ0v) is 35.5. The molecule has 0 saturated heterocycles. The van der Waals surface area contributed by atoms with Crippen molar-refractivity contribution in [3.63, 3.8) is 0 Å². The number of hydrogen-bond donors (Lipinski definition) is 0. The number of fused-ring (bicyclic) bond motifs is 9. The van der Waals surface area contributed by atoms with Crippen LogP contribution in [0.2, 0.25) is 0 Å². The average Bonchev–Trinajstić information content (AvgIpc) is 3.91. The normalized spacial score (nSPS) is 12.7. The van der Waals surface area contributed by atoms with Crippen molar-refractivity contribution in [3.8, 4) is 33.4 Å². The van der Waals surface area contributed by atoms with E-state index in [1.165, 1.54) is 55.3 Å². The van der Waals surface area contributed by atoms with Crippen molar-refractivity contribution in [2.24, 2.45) is 0 Å². The second-order valence-corrected chi connectivity index (χ2v) is 17.2. The second-order valence-electron chi connectivity index (χ2n) is 17.2. The summed E-state index contributed by atoms with van der Waals surface area (Å²) in [5, 5.41) is 6.97. The van der Waals surface area contributed by atoms with Crippen LogP contribution in [0, 0.1) is 0 Å². The van der Waals surface area contributed by atoms with Crippen molar-refractivity contribution in [2.45, 2.75) is 5.41 Å². The summed E-state index contributed by atoms with van der Waals surface area (Å²) < 4.78 is 6.75. The molecular formula is C63H41NO. The lowest BCUT2D eigenvalue weighted by Crippen LogP contribution is -2.28. The van der Waals surface area contributed by atoms with Crippen molar-refractivity contribution < 1.29 is 4.42 Å². The van der Waals surface area contributed by atoms with Gasteiger partial charge >= 0.3 is 0 Å². The molecule has 1 aromatic heterocycles. The van der Waals surface area contributed by atoms with Crippen molar-refractivity contribution >= 4 is 60.5 Å². The highest BCUT2D eigenvalue weighted by molar-refractivity contribution is 6.19. The van der Waals surface area contributed by atoms with E-state index < -0.39 is 5.41 Å². The molecule has 11 aromatic carbocycles. The van der Waals surface area contributed by atoms with Gasteiger partial charge in [-0.2, -0.15) is 0 Å². The van der Waals surface area contributed by atoms with Crippen LogP contribution in [0.3, 0.4) is 0 Å². The van der Waals surface area contributed by atoms with Crippen LogP contribution in [-0.2, 0) is 5.41 Å². The molecule has 0 aliphatic heterocycles. The molecule has 65 heavy (non-hydrogen) atoms. The molecule has 0 N–H and O–H groups in total. The fourth-order valence-corrected chi connectivity index (χ4v) is 10.8. The predicted octanol–water partition coefficient (Wildman–Crippen LogP) is 17.1. The SMILES string of the molecule is c1ccc(C2(c3ccccc3)c3ccccc3-c3ccc(N(c4ccc(-c5ccc6ccccc6c5)cc4)c4ccccc4-c4cccc5ccc6c7ccccc7oc6c45)cc32)cc1. The molecule has 0 saturated carbocycles. The Bertz CT molecular complexity index is 3730. The standard InChI is InChI=1S/C63H41NO/c1-3-19-47(20-4-1)63(48-21-5-2-6-22-48)57-27-12-9-23-51(57)52-39-37-50(41-58(52)63)64(49-35-32-43(33-36-49)46-31-30-42-16-7-8-17-45(42)40-46)59-28-13-10-24-53(59)55-26-15-18-44-34-38-56-54-25-11-14-29-60(54)65-62(56)61(44)55/h1-41H. The van der Waals surface area contributed by atoms with Gasteiger partial charge in [-0.15, -0.1) is 0 Å². The van der Waals surface area contributed by atoms with Gasteiger partial charge in [-0.05, 0) is 115 Å². The Morgan fingerprint density at radius 1 is 0.338 bits per heavy atom. The van der Waals surface area contributed by atoms with E-state index in [1.807, 2.05) is 6.07 Å². The van der Waals surface area contributed by atoms with Crippen LogP contribution in [0.5, 0.6) is 0 Å². The number of rotatable bonds is 7. The van der Waals surface area contributed by atoms with Crippen molar-refractivity contribution in [1.82, 2.24) is 0 Å². The molecule has 2 nitrogen and oxygen atoms in total. The first kappa shape index (κ1) is 37.1. The summed E-state index contributed by atoms with van der Waals surface area (Å²) in [6.07, 6.45) is 0. The molecule has 2 heteroatoms. The van der Waals surface area contributed by atoms with Crippen molar-refractivity contribution in [1.29, 1.82) is 0 Å². The van der Waals surface area contributed by atoms with Crippen LogP contribution in [-0.4, -0.2) is 0 Å². The van der Waals surface area contributed by atoms with E-state index in [0.29, 0.717) is 0 Å². The number of nitrogens with zero attached hydrogens (tertiary/aromatic N) is 1. The van der Waals surface area contributed by atoms with Gasteiger partial charge in [0.05, 0.1) is 11.1 Å². The zero-order chi connectivity index (χ0) is 42.9. The van der Waals surface area contributed by atoms with E-state index in [9.17, 15) is 0 Å². The van der Waals surface area contributed by atoms with Gasteiger partial charge in [-0.3, -0.25) is 0 Å². The van der Waals surface area contributed by atoms with Gasteiger partial charge < -0.3 is 9.32 Å². The first-order chi connectivity index (χ1) is 32.2. The molecule has 0 amide bonds. The summed E-state index contributed by atoms with van der Waals surface area (Å²) in [5.41, 5.74) is 16.6. The van der Waals surface area contributed by atoms with E-state index in [2.05, 4.69) is 248 Å². The molecule has 0 fully saturated rings. The van der Waals surface area contributed by atoms with E-state index >= 15 is 0 Å². The van der Waals surface area contributed by atoms with Crippen LogP contribution in [0.1, 0.15) is 22.3 Å². The summed E-state index contributed by atoms with van der Waals surface area (Å²) in [4.78, 5) is 2.46. The third-order valence-corrected chi connectivity index (χ3v) is 13.7. The molecule has 0 spiro atoms. The van der Waals surface area contributed by atoms with E-state index in [0.717, 1.165) is 60.9 Å². The van der Waals surface area contributed by atoms with Gasteiger partial charge in [0.1, 0.15) is 11.2 Å². The summed E-state index contributed by atoms with van der Waals surface area (Å²) in [5.74, 6) is 0. The Morgan fingerprint density at radius 3 is 1.75 bits per heavy atom. The maximum Gasteiger partial charge on any atom is 0.143 e. The molecule has 0 bridgehead atoms. The molecule has 304 valence electrons.